The number of halogens is 1. The van der Waals surface area contributed by atoms with Crippen LogP contribution in [-0.4, -0.2) is 13.1 Å². The molecule has 1 aromatic carbocycles. The van der Waals surface area contributed by atoms with Gasteiger partial charge in [0.25, 0.3) is 0 Å². The Balaban J connectivity index is 2.27. The maximum Gasteiger partial charge on any atom is 0.0210 e. The number of benzene rings is 1. The Morgan fingerprint density at radius 2 is 2.06 bits per heavy atom. The number of nitrogens with one attached hydrogen (secondary N) is 1. The minimum absolute atomic E-state index is 0.705. The van der Waals surface area contributed by atoms with E-state index in [0.717, 1.165) is 24.9 Å². The van der Waals surface area contributed by atoms with Gasteiger partial charge in [0.1, 0.15) is 0 Å². The SMILES string of the molecule is CC(C)C1CNCCC1c1ccccc1Br. The Kier molecular flexibility index (Phi) is 4.04. The van der Waals surface area contributed by atoms with Crippen molar-refractivity contribution in [3.05, 3.63) is 34.3 Å². The van der Waals surface area contributed by atoms with Crippen LogP contribution in [0, 0.1) is 11.8 Å². The van der Waals surface area contributed by atoms with Crippen molar-refractivity contribution < 1.29 is 0 Å². The van der Waals surface area contributed by atoms with Crippen molar-refractivity contribution in [1.82, 2.24) is 5.32 Å². The molecule has 0 bridgehead atoms. The van der Waals surface area contributed by atoms with Gasteiger partial charge in [-0.2, -0.15) is 0 Å². The molecule has 88 valence electrons. The lowest BCUT2D eigenvalue weighted by Gasteiger charge is -2.35. The zero-order chi connectivity index (χ0) is 11.5. The third-order valence-electron chi connectivity index (χ3n) is 3.69. The molecule has 2 heteroatoms. The van der Waals surface area contributed by atoms with Gasteiger partial charge in [-0.25, -0.2) is 0 Å². The van der Waals surface area contributed by atoms with Crippen molar-refractivity contribution in [1.29, 1.82) is 0 Å². The van der Waals surface area contributed by atoms with Crippen molar-refractivity contribution in [3.8, 4) is 0 Å². The van der Waals surface area contributed by atoms with E-state index >= 15 is 0 Å². The second-order valence-electron chi connectivity index (χ2n) is 5.03. The number of piperidine rings is 1. The third-order valence-corrected chi connectivity index (χ3v) is 4.41. The van der Waals surface area contributed by atoms with Gasteiger partial charge in [-0.15, -0.1) is 0 Å². The molecule has 0 saturated carbocycles. The van der Waals surface area contributed by atoms with E-state index in [0.29, 0.717) is 5.92 Å². The van der Waals surface area contributed by atoms with Gasteiger partial charge in [-0.05, 0) is 48.9 Å². The van der Waals surface area contributed by atoms with E-state index in [1.165, 1.54) is 16.5 Å². The Morgan fingerprint density at radius 3 is 2.75 bits per heavy atom. The van der Waals surface area contributed by atoms with Crippen molar-refractivity contribution in [2.75, 3.05) is 13.1 Å². The average molecular weight is 282 g/mol. The molecule has 16 heavy (non-hydrogen) atoms. The monoisotopic (exact) mass is 281 g/mol. The van der Waals surface area contributed by atoms with Crippen molar-refractivity contribution in [3.63, 3.8) is 0 Å². The van der Waals surface area contributed by atoms with E-state index in [1.54, 1.807) is 0 Å². The van der Waals surface area contributed by atoms with E-state index in [-0.39, 0.29) is 0 Å². The van der Waals surface area contributed by atoms with Crippen LogP contribution in [0.3, 0.4) is 0 Å². The van der Waals surface area contributed by atoms with E-state index in [4.69, 9.17) is 0 Å². The highest BCUT2D eigenvalue weighted by Gasteiger charge is 2.29. The topological polar surface area (TPSA) is 12.0 Å². The van der Waals surface area contributed by atoms with Crippen LogP contribution in [0.25, 0.3) is 0 Å². The molecular formula is C14H20BrN. The van der Waals surface area contributed by atoms with Crippen molar-refractivity contribution >= 4 is 15.9 Å². The zero-order valence-corrected chi connectivity index (χ0v) is 11.6. The minimum atomic E-state index is 0.705. The Hall–Kier alpha value is -0.340. The lowest BCUT2D eigenvalue weighted by molar-refractivity contribution is 0.254. The molecule has 1 N–H and O–H groups in total. The van der Waals surface area contributed by atoms with E-state index in [1.807, 2.05) is 0 Å². The van der Waals surface area contributed by atoms with Gasteiger partial charge in [-0.1, -0.05) is 48.0 Å². The molecule has 1 fully saturated rings. The van der Waals surface area contributed by atoms with E-state index in [2.05, 4.69) is 59.4 Å². The summed E-state index contributed by atoms with van der Waals surface area (Å²) in [6, 6.07) is 8.68. The Bertz CT molecular complexity index is 348. The van der Waals surface area contributed by atoms with Crippen LogP contribution in [0.1, 0.15) is 31.7 Å². The minimum Gasteiger partial charge on any atom is -0.316 e. The Morgan fingerprint density at radius 1 is 1.31 bits per heavy atom. The highest BCUT2D eigenvalue weighted by atomic mass is 79.9. The van der Waals surface area contributed by atoms with Crippen LogP contribution in [0.5, 0.6) is 0 Å². The summed E-state index contributed by atoms with van der Waals surface area (Å²) in [6.07, 6.45) is 1.26. The lowest BCUT2D eigenvalue weighted by atomic mass is 9.75. The van der Waals surface area contributed by atoms with Gasteiger partial charge in [0.05, 0.1) is 0 Å². The molecule has 0 aliphatic carbocycles. The lowest BCUT2D eigenvalue weighted by Crippen LogP contribution is -2.38. The van der Waals surface area contributed by atoms with Crippen LogP contribution in [0.2, 0.25) is 0 Å². The number of rotatable bonds is 2. The molecule has 2 rings (SSSR count). The first kappa shape index (κ1) is 12.1. The molecule has 1 saturated heterocycles. The molecule has 1 nitrogen and oxygen atoms in total. The van der Waals surface area contributed by atoms with Gasteiger partial charge >= 0.3 is 0 Å². The Labute approximate surface area is 107 Å². The largest absolute Gasteiger partial charge is 0.316 e. The normalized spacial score (nSPS) is 26.0. The summed E-state index contributed by atoms with van der Waals surface area (Å²) < 4.78 is 1.27. The molecule has 1 aliphatic heterocycles. The van der Waals surface area contributed by atoms with Crippen LogP contribution < -0.4 is 5.32 Å². The predicted molar refractivity (Wildman–Crippen MR) is 72.7 cm³/mol. The van der Waals surface area contributed by atoms with Crippen LogP contribution in [-0.2, 0) is 0 Å². The van der Waals surface area contributed by atoms with Crippen LogP contribution >= 0.6 is 15.9 Å². The standard InChI is InChI=1S/C14H20BrN/c1-10(2)13-9-16-8-7-11(13)12-5-3-4-6-14(12)15/h3-6,10-11,13,16H,7-9H2,1-2H3. The summed E-state index contributed by atoms with van der Waals surface area (Å²) in [4.78, 5) is 0. The molecule has 1 heterocycles. The first-order valence-electron chi connectivity index (χ1n) is 6.15. The average Bonchev–Trinajstić information content (AvgIpc) is 2.29. The van der Waals surface area contributed by atoms with Gasteiger partial charge in [0.2, 0.25) is 0 Å². The molecule has 1 aliphatic rings. The molecule has 1 aromatic rings. The van der Waals surface area contributed by atoms with Gasteiger partial charge < -0.3 is 5.32 Å². The zero-order valence-electron chi connectivity index (χ0n) is 10.0. The van der Waals surface area contributed by atoms with E-state index < -0.39 is 0 Å². The second-order valence-corrected chi connectivity index (χ2v) is 5.88. The maximum absolute atomic E-state index is 3.69. The summed E-state index contributed by atoms with van der Waals surface area (Å²) in [5.41, 5.74) is 1.49. The first-order chi connectivity index (χ1) is 7.70. The summed E-state index contributed by atoms with van der Waals surface area (Å²) in [7, 11) is 0. The fraction of sp³-hybridized carbons (Fsp3) is 0.571. The molecule has 0 amide bonds. The molecule has 2 unspecified atom stereocenters. The van der Waals surface area contributed by atoms with Crippen LogP contribution in [0.15, 0.2) is 28.7 Å². The number of hydrogen-bond acceptors (Lipinski definition) is 1. The molecule has 0 spiro atoms. The highest BCUT2D eigenvalue weighted by Crippen LogP contribution is 2.37. The van der Waals surface area contributed by atoms with Crippen molar-refractivity contribution in [2.24, 2.45) is 11.8 Å². The van der Waals surface area contributed by atoms with E-state index in [9.17, 15) is 0 Å². The summed E-state index contributed by atoms with van der Waals surface area (Å²) in [5, 5.41) is 3.52. The summed E-state index contributed by atoms with van der Waals surface area (Å²) >= 11 is 3.69. The fourth-order valence-corrected chi connectivity index (χ4v) is 3.32. The smallest absolute Gasteiger partial charge is 0.0210 e. The quantitative estimate of drug-likeness (QED) is 0.870. The predicted octanol–water partition coefficient (Wildman–Crippen LogP) is 3.80. The van der Waals surface area contributed by atoms with Gasteiger partial charge in [0, 0.05) is 4.47 Å². The molecule has 0 aromatic heterocycles. The second kappa shape index (κ2) is 5.33. The molecule has 2 atom stereocenters. The van der Waals surface area contributed by atoms with Crippen LogP contribution in [0.4, 0.5) is 0 Å². The summed E-state index contributed by atoms with van der Waals surface area (Å²) in [5.74, 6) is 2.20. The maximum atomic E-state index is 3.69. The fourth-order valence-electron chi connectivity index (χ4n) is 2.74. The molecule has 0 radical (unpaired) electrons. The summed E-state index contributed by atoms with van der Waals surface area (Å²) in [6.45, 7) is 6.97. The first-order valence-corrected chi connectivity index (χ1v) is 6.94. The van der Waals surface area contributed by atoms with Gasteiger partial charge in [-0.3, -0.25) is 0 Å². The third kappa shape index (κ3) is 2.49. The van der Waals surface area contributed by atoms with Crippen molar-refractivity contribution in [2.45, 2.75) is 26.2 Å². The molecular weight excluding hydrogens is 262 g/mol. The number of hydrogen-bond donors (Lipinski definition) is 1. The van der Waals surface area contributed by atoms with Gasteiger partial charge in [0.15, 0.2) is 0 Å². The highest BCUT2D eigenvalue weighted by molar-refractivity contribution is 9.10.